The van der Waals surface area contributed by atoms with Crippen molar-refractivity contribution in [1.29, 1.82) is 0 Å². The standard InChI is InChI=1S/C23H25N5O3/c1-26(16-17-9-11-24-12-10-17)23(29)20-8-7-19(28(30)31)15-21(20)27-14-13-25-22(27)18-5-3-2-4-6-18/h7-15,18H,2-6,16H2,1H3. The Kier molecular flexibility index (Phi) is 6.06. The number of carbonyl (C=O) groups is 1. The monoisotopic (exact) mass is 419 g/mol. The predicted octanol–water partition coefficient (Wildman–Crippen LogP) is 4.50. The molecular formula is C23H25N5O3. The first-order chi connectivity index (χ1) is 15.0. The highest BCUT2D eigenvalue weighted by Gasteiger charge is 2.25. The minimum Gasteiger partial charge on any atom is -0.337 e. The normalized spacial score (nSPS) is 14.4. The van der Waals surface area contributed by atoms with Crippen LogP contribution in [0.1, 0.15) is 59.8 Å². The number of hydrogen-bond donors (Lipinski definition) is 0. The molecule has 1 amide bonds. The van der Waals surface area contributed by atoms with Crippen LogP contribution in [0.5, 0.6) is 0 Å². The van der Waals surface area contributed by atoms with E-state index in [9.17, 15) is 14.9 Å². The molecule has 31 heavy (non-hydrogen) atoms. The SMILES string of the molecule is CN(Cc1ccncc1)C(=O)c1ccc([N+](=O)[O-])cc1-n1ccnc1C1CCCCC1. The number of pyridine rings is 1. The zero-order valence-electron chi connectivity index (χ0n) is 17.5. The molecule has 0 unspecified atom stereocenters. The van der Waals surface area contributed by atoms with Crippen molar-refractivity contribution in [3.63, 3.8) is 0 Å². The molecule has 2 aromatic heterocycles. The van der Waals surface area contributed by atoms with Crippen molar-refractivity contribution in [2.75, 3.05) is 7.05 Å². The molecule has 0 saturated heterocycles. The second kappa shape index (κ2) is 9.07. The van der Waals surface area contributed by atoms with Crippen LogP contribution < -0.4 is 0 Å². The van der Waals surface area contributed by atoms with Gasteiger partial charge in [-0.1, -0.05) is 19.3 Å². The van der Waals surface area contributed by atoms with Crippen LogP contribution in [0.25, 0.3) is 5.69 Å². The van der Waals surface area contributed by atoms with Gasteiger partial charge in [0.15, 0.2) is 0 Å². The van der Waals surface area contributed by atoms with Gasteiger partial charge in [0.1, 0.15) is 5.82 Å². The van der Waals surface area contributed by atoms with E-state index in [1.54, 1.807) is 42.8 Å². The quantitative estimate of drug-likeness (QED) is 0.433. The van der Waals surface area contributed by atoms with Crippen LogP contribution in [0.15, 0.2) is 55.1 Å². The molecule has 1 aromatic carbocycles. The highest BCUT2D eigenvalue weighted by molar-refractivity contribution is 5.98. The number of nitro groups is 1. The molecule has 0 atom stereocenters. The molecule has 1 fully saturated rings. The van der Waals surface area contributed by atoms with Crippen molar-refractivity contribution in [3.8, 4) is 5.69 Å². The minimum atomic E-state index is -0.435. The number of imidazole rings is 1. The third-order valence-corrected chi connectivity index (χ3v) is 5.84. The van der Waals surface area contributed by atoms with E-state index >= 15 is 0 Å². The van der Waals surface area contributed by atoms with Crippen molar-refractivity contribution in [1.82, 2.24) is 19.4 Å². The summed E-state index contributed by atoms with van der Waals surface area (Å²) in [5, 5.41) is 11.4. The number of rotatable bonds is 6. The number of amides is 1. The first-order valence-electron chi connectivity index (χ1n) is 10.5. The van der Waals surface area contributed by atoms with E-state index in [1.807, 2.05) is 16.7 Å². The van der Waals surface area contributed by atoms with E-state index < -0.39 is 4.92 Å². The average Bonchev–Trinajstić information content (AvgIpc) is 3.29. The van der Waals surface area contributed by atoms with Gasteiger partial charge in [-0.15, -0.1) is 0 Å². The molecule has 0 spiro atoms. The van der Waals surface area contributed by atoms with Crippen molar-refractivity contribution in [3.05, 3.63) is 82.2 Å². The molecule has 160 valence electrons. The zero-order valence-corrected chi connectivity index (χ0v) is 17.5. The van der Waals surface area contributed by atoms with Gasteiger partial charge < -0.3 is 9.47 Å². The summed E-state index contributed by atoms with van der Waals surface area (Å²) in [7, 11) is 1.73. The Balaban J connectivity index is 1.72. The van der Waals surface area contributed by atoms with Crippen LogP contribution in [0.2, 0.25) is 0 Å². The summed E-state index contributed by atoms with van der Waals surface area (Å²) in [6, 6.07) is 8.12. The first kappa shape index (κ1) is 20.7. The number of hydrogen-bond acceptors (Lipinski definition) is 5. The maximum atomic E-state index is 13.3. The highest BCUT2D eigenvalue weighted by atomic mass is 16.6. The second-order valence-electron chi connectivity index (χ2n) is 7.97. The fourth-order valence-corrected chi connectivity index (χ4v) is 4.23. The maximum Gasteiger partial charge on any atom is 0.271 e. The van der Waals surface area contributed by atoms with Gasteiger partial charge in [-0.2, -0.15) is 0 Å². The second-order valence-corrected chi connectivity index (χ2v) is 7.97. The molecule has 8 nitrogen and oxygen atoms in total. The van der Waals surface area contributed by atoms with E-state index in [0.29, 0.717) is 23.7 Å². The first-order valence-corrected chi connectivity index (χ1v) is 10.5. The van der Waals surface area contributed by atoms with Crippen molar-refractivity contribution < 1.29 is 9.72 Å². The lowest BCUT2D eigenvalue weighted by atomic mass is 9.88. The Bertz CT molecular complexity index is 1070. The van der Waals surface area contributed by atoms with E-state index in [-0.39, 0.29) is 11.6 Å². The summed E-state index contributed by atoms with van der Waals surface area (Å²) in [4.78, 5) is 34.5. The number of benzene rings is 1. The summed E-state index contributed by atoms with van der Waals surface area (Å²) in [5.41, 5.74) is 1.82. The molecule has 2 heterocycles. The summed E-state index contributed by atoms with van der Waals surface area (Å²) in [5.74, 6) is 0.955. The minimum absolute atomic E-state index is 0.0494. The molecule has 3 aromatic rings. The molecule has 0 N–H and O–H groups in total. The van der Waals surface area contributed by atoms with Crippen LogP contribution in [0.4, 0.5) is 5.69 Å². The van der Waals surface area contributed by atoms with Gasteiger partial charge in [-0.25, -0.2) is 4.98 Å². The zero-order chi connectivity index (χ0) is 21.8. The Morgan fingerprint density at radius 3 is 2.61 bits per heavy atom. The number of aromatic nitrogens is 3. The van der Waals surface area contributed by atoms with Gasteiger partial charge in [-0.05, 0) is 36.6 Å². The third kappa shape index (κ3) is 4.47. The van der Waals surface area contributed by atoms with Crippen molar-refractivity contribution in [2.45, 2.75) is 44.6 Å². The van der Waals surface area contributed by atoms with Gasteiger partial charge in [-0.3, -0.25) is 19.9 Å². The van der Waals surface area contributed by atoms with E-state index in [4.69, 9.17) is 0 Å². The van der Waals surface area contributed by atoms with Gasteiger partial charge in [0.25, 0.3) is 11.6 Å². The predicted molar refractivity (Wildman–Crippen MR) is 116 cm³/mol. The van der Waals surface area contributed by atoms with Gasteiger partial charge in [0, 0.05) is 56.4 Å². The third-order valence-electron chi connectivity index (χ3n) is 5.84. The lowest BCUT2D eigenvalue weighted by molar-refractivity contribution is -0.384. The largest absolute Gasteiger partial charge is 0.337 e. The fourth-order valence-electron chi connectivity index (χ4n) is 4.23. The highest BCUT2D eigenvalue weighted by Crippen LogP contribution is 2.34. The Morgan fingerprint density at radius 1 is 1.16 bits per heavy atom. The molecular weight excluding hydrogens is 394 g/mol. The summed E-state index contributed by atoms with van der Waals surface area (Å²) in [6.45, 7) is 0.414. The van der Waals surface area contributed by atoms with Crippen LogP contribution in [0, 0.1) is 10.1 Å². The van der Waals surface area contributed by atoms with Gasteiger partial charge >= 0.3 is 0 Å². The summed E-state index contributed by atoms with van der Waals surface area (Å²) >= 11 is 0. The van der Waals surface area contributed by atoms with Crippen molar-refractivity contribution in [2.24, 2.45) is 0 Å². The number of nitrogens with zero attached hydrogens (tertiary/aromatic N) is 5. The maximum absolute atomic E-state index is 13.3. The topological polar surface area (TPSA) is 94.2 Å². The molecule has 1 aliphatic rings. The number of non-ortho nitro benzene ring substituents is 1. The lowest BCUT2D eigenvalue weighted by Crippen LogP contribution is -2.27. The number of carbonyl (C=O) groups excluding carboxylic acids is 1. The summed E-state index contributed by atoms with van der Waals surface area (Å²) < 4.78 is 1.86. The molecule has 8 heteroatoms. The van der Waals surface area contributed by atoms with Gasteiger partial charge in [0.2, 0.25) is 0 Å². The number of nitro benzene ring substituents is 1. The average molecular weight is 419 g/mol. The fraction of sp³-hybridized carbons (Fsp3) is 0.348. The van der Waals surface area contributed by atoms with Crippen molar-refractivity contribution >= 4 is 11.6 Å². The molecule has 4 rings (SSSR count). The Hall–Kier alpha value is -3.55. The van der Waals surface area contributed by atoms with E-state index in [0.717, 1.165) is 37.1 Å². The molecule has 0 radical (unpaired) electrons. The molecule has 0 bridgehead atoms. The van der Waals surface area contributed by atoms with Crippen LogP contribution in [-0.4, -0.2) is 37.3 Å². The van der Waals surface area contributed by atoms with Crippen LogP contribution in [-0.2, 0) is 6.54 Å². The molecule has 1 saturated carbocycles. The van der Waals surface area contributed by atoms with Gasteiger partial charge in [0.05, 0.1) is 16.2 Å². The lowest BCUT2D eigenvalue weighted by Gasteiger charge is -2.24. The van der Waals surface area contributed by atoms with E-state index in [1.165, 1.54) is 18.6 Å². The molecule has 1 aliphatic carbocycles. The molecule has 0 aliphatic heterocycles. The Labute approximate surface area is 180 Å². The summed E-state index contributed by atoms with van der Waals surface area (Å²) in [6.07, 6.45) is 12.5. The Morgan fingerprint density at radius 2 is 1.90 bits per heavy atom. The van der Waals surface area contributed by atoms with E-state index in [2.05, 4.69) is 9.97 Å². The van der Waals surface area contributed by atoms with Crippen LogP contribution >= 0.6 is 0 Å². The van der Waals surface area contributed by atoms with Crippen LogP contribution in [0.3, 0.4) is 0 Å². The smallest absolute Gasteiger partial charge is 0.271 e.